The Morgan fingerprint density at radius 1 is 1.29 bits per heavy atom. The highest BCUT2D eigenvalue weighted by molar-refractivity contribution is 5.70. The van der Waals surface area contributed by atoms with Gasteiger partial charge in [-0.2, -0.15) is 5.26 Å². The fraction of sp³-hybridized carbons (Fsp3) is 0.364. The number of benzene rings is 1. The zero-order valence-electron chi connectivity index (χ0n) is 8.03. The van der Waals surface area contributed by atoms with Crippen molar-refractivity contribution in [3.8, 4) is 6.07 Å². The van der Waals surface area contributed by atoms with E-state index in [0.29, 0.717) is 5.56 Å². The van der Waals surface area contributed by atoms with Crippen LogP contribution in [0.4, 0.5) is 11.4 Å². The number of nitrogens with two attached hydrogens (primary N) is 1. The molecular weight excluding hydrogens is 174 g/mol. The largest absolute Gasteiger partial charge is 0.397 e. The van der Waals surface area contributed by atoms with Crippen LogP contribution in [0.15, 0.2) is 18.2 Å². The molecule has 2 rings (SSSR count). The molecule has 1 fully saturated rings. The third kappa shape index (κ3) is 1.51. The minimum atomic E-state index is 0.682. The summed E-state index contributed by atoms with van der Waals surface area (Å²) in [6.07, 6.45) is 2.44. The summed E-state index contributed by atoms with van der Waals surface area (Å²) in [7, 11) is 0. The van der Waals surface area contributed by atoms with Crippen molar-refractivity contribution in [2.45, 2.75) is 12.8 Å². The van der Waals surface area contributed by atoms with Crippen LogP contribution in [0.5, 0.6) is 0 Å². The topological polar surface area (TPSA) is 53.1 Å². The molecule has 1 aliphatic heterocycles. The molecule has 0 spiro atoms. The van der Waals surface area contributed by atoms with Crippen LogP contribution in [-0.2, 0) is 0 Å². The van der Waals surface area contributed by atoms with E-state index in [2.05, 4.69) is 11.0 Å². The van der Waals surface area contributed by atoms with Crippen LogP contribution in [0.2, 0.25) is 0 Å². The molecule has 0 aromatic heterocycles. The van der Waals surface area contributed by atoms with E-state index in [1.165, 1.54) is 12.8 Å². The minimum Gasteiger partial charge on any atom is -0.397 e. The van der Waals surface area contributed by atoms with E-state index in [9.17, 15) is 0 Å². The molecule has 0 saturated carbocycles. The van der Waals surface area contributed by atoms with Crippen LogP contribution >= 0.6 is 0 Å². The Morgan fingerprint density at radius 3 is 2.64 bits per heavy atom. The summed E-state index contributed by atoms with van der Waals surface area (Å²) in [6.45, 7) is 2.11. The highest BCUT2D eigenvalue weighted by atomic mass is 15.1. The number of nitriles is 1. The fourth-order valence-corrected chi connectivity index (χ4v) is 1.85. The molecule has 0 atom stereocenters. The number of hydrogen-bond donors (Lipinski definition) is 1. The van der Waals surface area contributed by atoms with Gasteiger partial charge in [-0.15, -0.1) is 0 Å². The first kappa shape index (κ1) is 8.89. The maximum atomic E-state index is 8.79. The maximum absolute atomic E-state index is 8.79. The van der Waals surface area contributed by atoms with Gasteiger partial charge in [-0.05, 0) is 31.0 Å². The molecule has 0 amide bonds. The molecule has 0 bridgehead atoms. The lowest BCUT2D eigenvalue weighted by Crippen LogP contribution is -2.19. The van der Waals surface area contributed by atoms with Gasteiger partial charge in [-0.1, -0.05) is 0 Å². The summed E-state index contributed by atoms with van der Waals surface area (Å²) in [6, 6.07) is 7.58. The first-order chi connectivity index (χ1) is 6.81. The fourth-order valence-electron chi connectivity index (χ4n) is 1.85. The summed E-state index contributed by atoms with van der Waals surface area (Å²) < 4.78 is 0. The van der Waals surface area contributed by atoms with Gasteiger partial charge in [0.05, 0.1) is 23.0 Å². The van der Waals surface area contributed by atoms with Crippen LogP contribution in [-0.4, -0.2) is 13.1 Å². The van der Waals surface area contributed by atoms with Gasteiger partial charge in [-0.3, -0.25) is 0 Å². The Kier molecular flexibility index (Phi) is 2.28. The van der Waals surface area contributed by atoms with Crippen molar-refractivity contribution in [1.29, 1.82) is 5.26 Å². The molecule has 1 aliphatic rings. The first-order valence-corrected chi connectivity index (χ1v) is 4.86. The SMILES string of the molecule is N#Cc1ccc(N)c(N2CCCC2)c1. The molecule has 72 valence electrons. The lowest BCUT2D eigenvalue weighted by atomic mass is 10.2. The van der Waals surface area contributed by atoms with Gasteiger partial charge < -0.3 is 10.6 Å². The highest BCUT2D eigenvalue weighted by Crippen LogP contribution is 2.27. The Hall–Kier alpha value is -1.69. The van der Waals surface area contributed by atoms with Crippen molar-refractivity contribution in [2.75, 3.05) is 23.7 Å². The maximum Gasteiger partial charge on any atom is 0.0992 e. The second-order valence-corrected chi connectivity index (χ2v) is 3.58. The normalized spacial score (nSPS) is 15.5. The average Bonchev–Trinajstić information content (AvgIpc) is 2.71. The predicted molar refractivity (Wildman–Crippen MR) is 57.0 cm³/mol. The Balaban J connectivity index is 2.35. The number of hydrogen-bond acceptors (Lipinski definition) is 3. The third-order valence-electron chi connectivity index (χ3n) is 2.61. The minimum absolute atomic E-state index is 0.682. The van der Waals surface area contributed by atoms with E-state index >= 15 is 0 Å². The predicted octanol–water partition coefficient (Wildman–Crippen LogP) is 1.74. The molecule has 1 aromatic carbocycles. The van der Waals surface area contributed by atoms with Gasteiger partial charge in [0.25, 0.3) is 0 Å². The standard InChI is InChI=1S/C11H13N3/c12-8-9-3-4-10(13)11(7-9)14-5-1-2-6-14/h3-4,7H,1-2,5-6,13H2. The number of nitrogens with zero attached hydrogens (tertiary/aromatic N) is 2. The molecule has 3 heteroatoms. The van der Waals surface area contributed by atoms with Crippen LogP contribution in [0.25, 0.3) is 0 Å². The average molecular weight is 187 g/mol. The second-order valence-electron chi connectivity index (χ2n) is 3.58. The van der Waals surface area contributed by atoms with Gasteiger partial charge in [0.15, 0.2) is 0 Å². The van der Waals surface area contributed by atoms with Crippen molar-refractivity contribution < 1.29 is 0 Å². The summed E-state index contributed by atoms with van der Waals surface area (Å²) in [5, 5.41) is 8.79. The number of rotatable bonds is 1. The van der Waals surface area contributed by atoms with Gasteiger partial charge in [0, 0.05) is 13.1 Å². The van der Waals surface area contributed by atoms with E-state index < -0.39 is 0 Å². The zero-order valence-corrected chi connectivity index (χ0v) is 8.03. The Labute approximate surface area is 83.7 Å². The Bertz CT molecular complexity index is 373. The van der Waals surface area contributed by atoms with Crippen LogP contribution < -0.4 is 10.6 Å². The smallest absolute Gasteiger partial charge is 0.0992 e. The summed E-state index contributed by atoms with van der Waals surface area (Å²) in [4.78, 5) is 2.25. The van der Waals surface area contributed by atoms with E-state index in [4.69, 9.17) is 11.0 Å². The second kappa shape index (κ2) is 3.59. The number of nitrogen functional groups attached to an aromatic ring is 1. The molecule has 1 saturated heterocycles. The lowest BCUT2D eigenvalue weighted by Gasteiger charge is -2.19. The Morgan fingerprint density at radius 2 is 2.00 bits per heavy atom. The number of anilines is 2. The van der Waals surface area contributed by atoms with Crippen LogP contribution in [0.1, 0.15) is 18.4 Å². The zero-order chi connectivity index (χ0) is 9.97. The van der Waals surface area contributed by atoms with Crippen molar-refractivity contribution >= 4 is 11.4 Å². The van der Waals surface area contributed by atoms with Gasteiger partial charge in [0.1, 0.15) is 0 Å². The molecule has 3 nitrogen and oxygen atoms in total. The van der Waals surface area contributed by atoms with Crippen LogP contribution in [0.3, 0.4) is 0 Å². The molecule has 0 aliphatic carbocycles. The van der Waals surface area contributed by atoms with Gasteiger partial charge in [0.2, 0.25) is 0 Å². The molecule has 14 heavy (non-hydrogen) atoms. The monoisotopic (exact) mass is 187 g/mol. The lowest BCUT2D eigenvalue weighted by molar-refractivity contribution is 0.949. The van der Waals surface area contributed by atoms with Crippen molar-refractivity contribution in [2.24, 2.45) is 0 Å². The van der Waals surface area contributed by atoms with Gasteiger partial charge >= 0.3 is 0 Å². The highest BCUT2D eigenvalue weighted by Gasteiger charge is 2.14. The molecule has 1 heterocycles. The quantitative estimate of drug-likeness (QED) is 0.681. The van der Waals surface area contributed by atoms with Gasteiger partial charge in [-0.25, -0.2) is 0 Å². The first-order valence-electron chi connectivity index (χ1n) is 4.86. The summed E-state index contributed by atoms with van der Waals surface area (Å²) in [5.74, 6) is 0. The van der Waals surface area contributed by atoms with Crippen molar-refractivity contribution in [1.82, 2.24) is 0 Å². The molecule has 2 N–H and O–H groups in total. The third-order valence-corrected chi connectivity index (χ3v) is 2.61. The summed E-state index contributed by atoms with van der Waals surface area (Å²) in [5.41, 5.74) is 8.34. The van der Waals surface area contributed by atoms with Crippen molar-refractivity contribution in [3.63, 3.8) is 0 Å². The molecule has 1 aromatic rings. The molecular formula is C11H13N3. The van der Waals surface area contributed by atoms with E-state index in [-0.39, 0.29) is 0 Å². The van der Waals surface area contributed by atoms with E-state index in [1.54, 1.807) is 6.07 Å². The van der Waals surface area contributed by atoms with Crippen LogP contribution in [0, 0.1) is 11.3 Å². The van der Waals surface area contributed by atoms with E-state index in [0.717, 1.165) is 24.5 Å². The van der Waals surface area contributed by atoms with Crippen molar-refractivity contribution in [3.05, 3.63) is 23.8 Å². The van der Waals surface area contributed by atoms with E-state index in [1.807, 2.05) is 12.1 Å². The molecule has 0 radical (unpaired) electrons. The summed E-state index contributed by atoms with van der Waals surface area (Å²) >= 11 is 0. The molecule has 0 unspecified atom stereocenters.